The fraction of sp³-hybridized carbons (Fsp3) is 0. The number of halogens is 2. The van der Waals surface area contributed by atoms with Gasteiger partial charge in [0.05, 0.1) is 5.69 Å². The highest BCUT2D eigenvalue weighted by molar-refractivity contribution is 6.32. The second-order valence-corrected chi connectivity index (χ2v) is 5.49. The highest BCUT2D eigenvalue weighted by atomic mass is 35.5. The van der Waals surface area contributed by atoms with Crippen molar-refractivity contribution >= 4 is 34.4 Å². The second kappa shape index (κ2) is 5.61. The van der Waals surface area contributed by atoms with Gasteiger partial charge in [0.15, 0.2) is 0 Å². The minimum Gasteiger partial charge on any atom is -0.418 e. The molecule has 0 spiro atoms. The molecule has 112 valence electrons. The first-order valence-electron chi connectivity index (χ1n) is 6.71. The lowest BCUT2D eigenvalue weighted by atomic mass is 10.1. The molecule has 7 heteroatoms. The molecule has 0 saturated carbocycles. The molecule has 0 radical (unpaired) electrons. The van der Waals surface area contributed by atoms with E-state index in [1.165, 1.54) is 0 Å². The highest BCUT2D eigenvalue weighted by Gasteiger charge is 2.10. The summed E-state index contributed by atoms with van der Waals surface area (Å²) in [5, 5.41) is 0.413. The van der Waals surface area contributed by atoms with Crippen molar-refractivity contribution in [3.8, 4) is 22.7 Å². The third-order valence-corrected chi connectivity index (χ3v) is 3.62. The first kappa shape index (κ1) is 14.1. The average Bonchev–Trinajstić information content (AvgIpc) is 2.98. The van der Waals surface area contributed by atoms with Crippen LogP contribution in [-0.4, -0.2) is 19.9 Å². The van der Waals surface area contributed by atoms with Crippen LogP contribution in [-0.2, 0) is 0 Å². The molecular formula is C16H8Cl2N4O. The lowest BCUT2D eigenvalue weighted by Crippen LogP contribution is -1.88. The number of fused-ring (bicyclic) bond motifs is 1. The molecule has 3 aromatic heterocycles. The molecule has 0 fully saturated rings. The van der Waals surface area contributed by atoms with Crippen LogP contribution in [0.2, 0.25) is 10.4 Å². The fourth-order valence-electron chi connectivity index (χ4n) is 2.21. The topological polar surface area (TPSA) is 64.7 Å². The summed E-state index contributed by atoms with van der Waals surface area (Å²) in [6.07, 6.45) is 1.67. The molecule has 0 N–H and O–H groups in total. The molecule has 4 rings (SSSR count). The summed E-state index contributed by atoms with van der Waals surface area (Å²) in [5.41, 5.74) is 3.61. The summed E-state index contributed by atoms with van der Waals surface area (Å²) in [6.45, 7) is 0. The van der Waals surface area contributed by atoms with Gasteiger partial charge in [0.25, 0.3) is 0 Å². The van der Waals surface area contributed by atoms with Crippen LogP contribution in [0, 0.1) is 0 Å². The number of rotatable bonds is 2. The predicted octanol–water partition coefficient (Wildman–Crippen LogP) is 4.65. The van der Waals surface area contributed by atoms with E-state index in [1.54, 1.807) is 12.3 Å². The first-order chi connectivity index (χ1) is 11.2. The molecule has 0 unspecified atom stereocenters. The van der Waals surface area contributed by atoms with E-state index < -0.39 is 0 Å². The summed E-state index contributed by atoms with van der Waals surface area (Å²) in [7, 11) is 0. The Balaban J connectivity index is 1.72. The Morgan fingerprint density at radius 1 is 0.870 bits per heavy atom. The normalized spacial score (nSPS) is 11.0. The molecule has 4 aromatic rings. The van der Waals surface area contributed by atoms with Gasteiger partial charge in [-0.3, -0.25) is 0 Å². The number of aromatic nitrogens is 4. The summed E-state index contributed by atoms with van der Waals surface area (Å²) in [4.78, 5) is 16.6. The summed E-state index contributed by atoms with van der Waals surface area (Å²) in [6, 6.07) is 12.9. The molecule has 5 nitrogen and oxygen atoms in total. The van der Waals surface area contributed by atoms with Crippen molar-refractivity contribution in [2.75, 3.05) is 0 Å². The van der Waals surface area contributed by atoms with Gasteiger partial charge in [-0.2, -0.15) is 0 Å². The zero-order valence-corrected chi connectivity index (χ0v) is 13.1. The van der Waals surface area contributed by atoms with E-state index in [9.17, 15) is 0 Å². The van der Waals surface area contributed by atoms with Crippen molar-refractivity contribution in [1.29, 1.82) is 0 Å². The minimum absolute atomic E-state index is 0.113. The lowest BCUT2D eigenvalue weighted by molar-refractivity contribution is 0.608. The van der Waals surface area contributed by atoms with Crippen molar-refractivity contribution in [2.24, 2.45) is 0 Å². The van der Waals surface area contributed by atoms with Crippen molar-refractivity contribution in [1.82, 2.24) is 19.9 Å². The zero-order valence-electron chi connectivity index (χ0n) is 11.6. The number of nitrogens with zero attached hydrogens (tertiary/aromatic N) is 4. The zero-order chi connectivity index (χ0) is 15.8. The van der Waals surface area contributed by atoms with Gasteiger partial charge >= 0.3 is 0 Å². The van der Waals surface area contributed by atoms with Crippen LogP contribution >= 0.6 is 23.2 Å². The third-order valence-electron chi connectivity index (χ3n) is 3.26. The monoisotopic (exact) mass is 342 g/mol. The van der Waals surface area contributed by atoms with E-state index in [0.29, 0.717) is 22.5 Å². The second-order valence-electron chi connectivity index (χ2n) is 4.77. The molecule has 0 aliphatic rings. The van der Waals surface area contributed by atoms with Gasteiger partial charge in [0.2, 0.25) is 16.9 Å². The van der Waals surface area contributed by atoms with Crippen LogP contribution in [0.3, 0.4) is 0 Å². The van der Waals surface area contributed by atoms with E-state index in [-0.39, 0.29) is 5.28 Å². The Bertz CT molecular complexity index is 945. The maximum Gasteiger partial charge on any atom is 0.247 e. The van der Waals surface area contributed by atoms with Crippen LogP contribution in [0.5, 0.6) is 0 Å². The van der Waals surface area contributed by atoms with Crippen LogP contribution in [0.1, 0.15) is 0 Å². The Labute approximate surface area is 141 Å². The van der Waals surface area contributed by atoms with Crippen molar-refractivity contribution in [3.05, 3.63) is 59.1 Å². The summed E-state index contributed by atoms with van der Waals surface area (Å²) < 4.78 is 5.65. The largest absolute Gasteiger partial charge is 0.418 e. The van der Waals surface area contributed by atoms with Crippen molar-refractivity contribution < 1.29 is 4.42 Å². The Morgan fingerprint density at radius 3 is 2.39 bits per heavy atom. The van der Waals surface area contributed by atoms with Gasteiger partial charge in [-0.1, -0.05) is 23.7 Å². The third kappa shape index (κ3) is 2.76. The van der Waals surface area contributed by atoms with E-state index in [1.807, 2.05) is 36.4 Å². The van der Waals surface area contributed by atoms with Gasteiger partial charge in [-0.15, -0.1) is 0 Å². The smallest absolute Gasteiger partial charge is 0.247 e. The molecule has 0 aliphatic heterocycles. The van der Waals surface area contributed by atoms with Crippen LogP contribution < -0.4 is 0 Å². The SMILES string of the molecule is Clc1cc(-c2ccc(-c3nc4cccnc4o3)cc2)nc(Cl)n1. The van der Waals surface area contributed by atoms with E-state index in [0.717, 1.165) is 16.6 Å². The fourth-order valence-corrected chi connectivity index (χ4v) is 2.62. The molecule has 0 aliphatic carbocycles. The number of hydrogen-bond donors (Lipinski definition) is 0. The molecule has 1 aromatic carbocycles. The standard InChI is InChI=1S/C16H8Cl2N4O/c17-13-8-12(21-16(18)22-13)9-3-5-10(6-4-9)14-20-11-2-1-7-19-15(11)23-14/h1-8H. The molecule has 0 atom stereocenters. The number of benzene rings is 1. The van der Waals surface area contributed by atoms with Gasteiger partial charge in [-0.25, -0.2) is 19.9 Å². The van der Waals surface area contributed by atoms with Crippen LogP contribution in [0.4, 0.5) is 0 Å². The summed E-state index contributed by atoms with van der Waals surface area (Å²) >= 11 is 11.7. The van der Waals surface area contributed by atoms with Gasteiger partial charge in [0, 0.05) is 23.4 Å². The lowest BCUT2D eigenvalue weighted by Gasteiger charge is -2.03. The molecule has 0 amide bonds. The Hall–Kier alpha value is -2.50. The molecule has 0 saturated heterocycles. The van der Waals surface area contributed by atoms with Crippen LogP contribution in [0.25, 0.3) is 33.9 Å². The van der Waals surface area contributed by atoms with Crippen molar-refractivity contribution in [2.45, 2.75) is 0 Å². The first-order valence-corrected chi connectivity index (χ1v) is 7.47. The number of pyridine rings is 1. The average molecular weight is 343 g/mol. The predicted molar refractivity (Wildman–Crippen MR) is 88.3 cm³/mol. The van der Waals surface area contributed by atoms with E-state index in [2.05, 4.69) is 19.9 Å². The maximum absolute atomic E-state index is 5.90. The molecule has 23 heavy (non-hydrogen) atoms. The van der Waals surface area contributed by atoms with Crippen molar-refractivity contribution in [3.63, 3.8) is 0 Å². The Morgan fingerprint density at radius 2 is 1.65 bits per heavy atom. The maximum atomic E-state index is 5.90. The molecular weight excluding hydrogens is 335 g/mol. The van der Waals surface area contributed by atoms with E-state index >= 15 is 0 Å². The van der Waals surface area contributed by atoms with Crippen LogP contribution in [0.15, 0.2) is 53.1 Å². The van der Waals surface area contributed by atoms with Gasteiger partial charge in [-0.05, 0) is 35.9 Å². The van der Waals surface area contributed by atoms with Gasteiger partial charge in [0.1, 0.15) is 10.7 Å². The summed E-state index contributed by atoms with van der Waals surface area (Å²) in [5.74, 6) is 0.518. The Kier molecular flexibility index (Phi) is 3.44. The highest BCUT2D eigenvalue weighted by Crippen LogP contribution is 2.27. The van der Waals surface area contributed by atoms with Gasteiger partial charge < -0.3 is 4.42 Å². The van der Waals surface area contributed by atoms with E-state index in [4.69, 9.17) is 27.6 Å². The minimum atomic E-state index is 0.113. The number of oxazole rings is 1. The molecule has 0 bridgehead atoms. The molecule has 3 heterocycles. The number of hydrogen-bond acceptors (Lipinski definition) is 5. The quantitative estimate of drug-likeness (QED) is 0.391.